The van der Waals surface area contributed by atoms with Gasteiger partial charge in [0.05, 0.1) is 73.3 Å². The third-order valence-electron chi connectivity index (χ3n) is 8.29. The van der Waals surface area contributed by atoms with Crippen molar-refractivity contribution in [3.8, 4) is 17.2 Å². The normalized spacial score (nSPS) is 12.4. The van der Waals surface area contributed by atoms with E-state index in [-0.39, 0.29) is 62.0 Å². The van der Waals surface area contributed by atoms with E-state index in [1.54, 1.807) is 12.1 Å². The fourth-order valence-electron chi connectivity index (χ4n) is 5.50. The molecule has 0 bridgehead atoms. The minimum Gasteiger partial charge on any atom is -0.505 e. The van der Waals surface area contributed by atoms with Crippen LogP contribution in [0, 0.1) is 17.0 Å². The van der Waals surface area contributed by atoms with Crippen LogP contribution in [0.3, 0.4) is 0 Å². The quantitative estimate of drug-likeness (QED) is 0.00936. The van der Waals surface area contributed by atoms with E-state index in [9.17, 15) is 51.1 Å². The molecule has 1 heterocycles. The summed E-state index contributed by atoms with van der Waals surface area (Å²) in [6.07, 6.45) is 0. The van der Waals surface area contributed by atoms with Gasteiger partial charge in [-0.25, -0.2) is 20.5 Å². The first-order valence-electron chi connectivity index (χ1n) is 16.9. The lowest BCUT2D eigenvalue weighted by Crippen LogP contribution is -2.13. The molecule has 0 aliphatic rings. The number of aromatic nitrogens is 2. The molecule has 29 nitrogen and oxygen atoms in total. The molecule has 6 rings (SSSR count). The molecule has 0 atom stereocenters. The molecule has 0 spiro atoms. The Morgan fingerprint density at radius 3 is 1.88 bits per heavy atom. The summed E-state index contributed by atoms with van der Waals surface area (Å²) >= 11 is 1.01. The largest absolute Gasteiger partial charge is 0.505 e. The van der Waals surface area contributed by atoms with Gasteiger partial charge in [-0.1, -0.05) is 15.1 Å². The third kappa shape index (κ3) is 11.2. The van der Waals surface area contributed by atoms with Crippen LogP contribution in [0.1, 0.15) is 5.69 Å². The van der Waals surface area contributed by atoms with E-state index in [0.717, 1.165) is 47.1 Å². The number of H-pyrrole nitrogens is 1. The van der Waals surface area contributed by atoms with Crippen molar-refractivity contribution in [1.82, 2.24) is 9.78 Å². The van der Waals surface area contributed by atoms with E-state index in [4.69, 9.17) is 15.8 Å². The summed E-state index contributed by atoms with van der Waals surface area (Å²) in [6, 6.07) is 13.6. The van der Waals surface area contributed by atoms with Gasteiger partial charge in [0.1, 0.15) is 32.5 Å². The average Bonchev–Trinajstić information content (AvgIpc) is 3.56. The first-order valence-corrected chi connectivity index (χ1v) is 22.0. The topological polar surface area (TPSA) is 420 Å². The molecule has 5 aromatic carbocycles. The minimum atomic E-state index is -5.29. The second-order valence-electron chi connectivity index (χ2n) is 12.3. The Bertz CT molecular complexity index is 3220. The van der Waals surface area contributed by atoms with E-state index in [1.807, 2.05) is 0 Å². The van der Waals surface area contributed by atoms with Gasteiger partial charge in [-0.2, -0.15) is 21.9 Å². The van der Waals surface area contributed by atoms with Crippen LogP contribution >= 0.6 is 36.1 Å². The second kappa shape index (κ2) is 20.9. The summed E-state index contributed by atoms with van der Waals surface area (Å²) in [5.41, 5.74) is -3.60. The van der Waals surface area contributed by atoms with Gasteiger partial charge in [-0.15, -0.1) is 38.6 Å². The van der Waals surface area contributed by atoms with Crippen molar-refractivity contribution in [3.05, 3.63) is 99.0 Å². The molecule has 346 valence electrons. The van der Waals surface area contributed by atoms with Gasteiger partial charge in [0.15, 0.2) is 17.2 Å². The highest BCUT2D eigenvalue weighted by molar-refractivity contribution is 7.95. The molecule has 0 aliphatic carbocycles. The summed E-state index contributed by atoms with van der Waals surface area (Å²) in [7, 11) is -10.4. The van der Waals surface area contributed by atoms with Crippen LogP contribution in [0.15, 0.2) is 133 Å². The zero-order chi connectivity index (χ0) is 47.9. The predicted octanol–water partition coefficient (Wildman–Crippen LogP) is 8.97. The van der Waals surface area contributed by atoms with Crippen LogP contribution in [0.5, 0.6) is 11.5 Å². The van der Waals surface area contributed by atoms with Gasteiger partial charge in [-0.3, -0.25) is 29.1 Å². The Balaban J connectivity index is 1.41. The number of azo groups is 3. The number of hydrogen-bond acceptors (Lipinski definition) is 27. The van der Waals surface area contributed by atoms with Crippen molar-refractivity contribution in [2.75, 3.05) is 0 Å². The maximum Gasteiger partial charge on any atom is 0.299 e. The molecular weight excluding hydrogens is 991 g/mol. The number of aryl methyl sites for hydroxylation is 1. The van der Waals surface area contributed by atoms with E-state index in [0.29, 0.717) is 28.7 Å². The molecule has 0 unspecified atom stereocenters. The Morgan fingerprint density at radius 2 is 1.24 bits per heavy atom. The molecule has 0 aliphatic heterocycles. The van der Waals surface area contributed by atoms with Crippen molar-refractivity contribution in [3.63, 3.8) is 0 Å². The molecule has 34 heteroatoms. The fourth-order valence-corrected chi connectivity index (χ4v) is 8.12. The van der Waals surface area contributed by atoms with Gasteiger partial charge >= 0.3 is 0 Å². The number of hydrogen-bond donors (Lipinski definition) is 8. The van der Waals surface area contributed by atoms with Gasteiger partial charge < -0.3 is 10.2 Å². The molecule has 66 heavy (non-hydrogen) atoms. The zero-order valence-corrected chi connectivity index (χ0v) is 36.1. The number of nitrogens with zero attached hydrogens (tertiary/aromatic N) is 8. The molecule has 0 fully saturated rings. The van der Waals surface area contributed by atoms with Crippen LogP contribution in [-0.4, -0.2) is 66.6 Å². The molecule has 0 radical (unpaired) electrons. The monoisotopic (exact) mass is 1010 g/mol. The maximum atomic E-state index is 13.2. The minimum absolute atomic E-state index is 0.121. The van der Waals surface area contributed by atoms with E-state index < -0.39 is 80.1 Å². The van der Waals surface area contributed by atoms with Gasteiger partial charge in [-0.05, 0) is 73.0 Å². The molecule has 6 aromatic rings. The Hall–Kier alpha value is -6.32. The van der Waals surface area contributed by atoms with Crippen LogP contribution in [-0.2, 0) is 48.4 Å². The van der Waals surface area contributed by atoms with Crippen LogP contribution in [0.4, 0.5) is 39.8 Å². The molecule has 0 saturated heterocycles. The first-order chi connectivity index (χ1) is 31.4. The number of rotatable bonds is 19. The number of phenols is 2. The van der Waals surface area contributed by atoms with Gasteiger partial charge in [0.25, 0.3) is 31.5 Å². The average molecular weight is 1010 g/mol. The number of nitro benzene ring substituents is 1. The standard InChI is InChI=1S/C32H23N9O20S5/c1-14-27(32(44)40(39-14)17-3-6-19(7-4-17)62-59-56-47)36-33-16-2-8-21(24(12-16)65(50,51)52)35-37-28-23(64-61-58-49)10-15-11-25(66(53,54)55)29(31(43)26(15)30(28)42)38-34-20-9-5-18(41(45)46)13-22(20)63-60-57-48/h2-13,39,42-43,47-49H,1H3,(H,50,51,52)(H,53,54,55). The Morgan fingerprint density at radius 1 is 0.667 bits per heavy atom. The van der Waals surface area contributed by atoms with Crippen LogP contribution in [0.25, 0.3) is 16.5 Å². The number of phenolic OH excluding ortho intramolecular Hbond substituents is 2. The second-order valence-corrected chi connectivity index (χ2v) is 17.3. The highest BCUT2D eigenvalue weighted by Crippen LogP contribution is 2.51. The van der Waals surface area contributed by atoms with E-state index >= 15 is 0 Å². The van der Waals surface area contributed by atoms with Crippen LogP contribution in [0.2, 0.25) is 0 Å². The highest BCUT2D eigenvalue weighted by Gasteiger charge is 2.27. The fraction of sp³-hybridized carbons (Fsp3) is 0.0312. The first kappa shape index (κ1) is 49.1. The number of non-ortho nitro benzene ring substituents is 1. The zero-order valence-electron chi connectivity index (χ0n) is 32.0. The lowest BCUT2D eigenvalue weighted by molar-refractivity contribution is -0.432. The summed E-state index contributed by atoms with van der Waals surface area (Å²) in [4.78, 5) is 21.6. The summed E-state index contributed by atoms with van der Waals surface area (Å²) in [6.45, 7) is 1.50. The van der Waals surface area contributed by atoms with Gasteiger partial charge in [0, 0.05) is 17.0 Å². The Labute approximate surface area is 378 Å². The molecule has 8 N–H and O–H groups in total. The van der Waals surface area contributed by atoms with Crippen molar-refractivity contribution in [2.45, 2.75) is 31.4 Å². The maximum absolute atomic E-state index is 13.2. The van der Waals surface area contributed by atoms with E-state index in [1.165, 1.54) is 19.1 Å². The Kier molecular flexibility index (Phi) is 15.5. The number of fused-ring (bicyclic) bond motifs is 1. The SMILES string of the molecule is Cc1[nH]n(-c2ccc(SOOO)cc2)c(=O)c1N=Nc1ccc(N=Nc2c(SOOO)cc3cc(S(=O)(=O)O)c(N=Nc4ccc([N+](=O)[O-])cc4SOOO)c(O)c3c2O)c(S(=O)(=O)O)c1. The number of nitro groups is 1. The number of aromatic hydroxyl groups is 2. The number of aromatic amines is 1. The summed E-state index contributed by atoms with van der Waals surface area (Å²) in [5.74, 6) is -2.24. The lowest BCUT2D eigenvalue weighted by Gasteiger charge is -2.13. The molecular formula is C32H23N9O20S5. The molecule has 0 saturated carbocycles. The van der Waals surface area contributed by atoms with Gasteiger partial charge in [0.2, 0.25) is 0 Å². The van der Waals surface area contributed by atoms with Crippen molar-refractivity contribution in [1.29, 1.82) is 0 Å². The van der Waals surface area contributed by atoms with Crippen molar-refractivity contribution < 1.29 is 85.0 Å². The van der Waals surface area contributed by atoms with Crippen LogP contribution < -0.4 is 5.56 Å². The molecule has 1 aromatic heterocycles. The molecule has 0 amide bonds. The lowest BCUT2D eigenvalue weighted by atomic mass is 10.1. The van der Waals surface area contributed by atoms with Crippen molar-refractivity contribution in [2.24, 2.45) is 30.7 Å². The number of nitrogens with one attached hydrogen (secondary N) is 1. The number of benzene rings is 5. The summed E-state index contributed by atoms with van der Waals surface area (Å²) in [5, 5.41) is 95.4. The third-order valence-corrected chi connectivity index (χ3v) is 11.9. The summed E-state index contributed by atoms with van der Waals surface area (Å²) < 4.78 is 84.7. The van der Waals surface area contributed by atoms with E-state index in [2.05, 4.69) is 63.9 Å². The van der Waals surface area contributed by atoms with Crippen molar-refractivity contribution >= 4 is 107 Å². The smallest absolute Gasteiger partial charge is 0.299 e. The predicted molar refractivity (Wildman–Crippen MR) is 222 cm³/mol. The highest BCUT2D eigenvalue weighted by atomic mass is 32.2.